The van der Waals surface area contributed by atoms with E-state index in [0.717, 1.165) is 15.9 Å². The van der Waals surface area contributed by atoms with Gasteiger partial charge >= 0.3 is 11.9 Å². The Morgan fingerprint density at radius 1 is 0.857 bits per heavy atom. The zero-order valence-corrected chi connectivity index (χ0v) is 28.8. The molecule has 248 valence electrons. The van der Waals surface area contributed by atoms with Gasteiger partial charge in [0.15, 0.2) is 6.10 Å². The molecule has 5 aromatic rings. The first-order valence-corrected chi connectivity index (χ1v) is 18.5. The van der Waals surface area contributed by atoms with E-state index < -0.39 is 47.1 Å². The molecule has 4 aromatic carbocycles. The van der Waals surface area contributed by atoms with E-state index in [9.17, 15) is 24.5 Å². The van der Waals surface area contributed by atoms with E-state index in [0.29, 0.717) is 10.4 Å². The van der Waals surface area contributed by atoms with Crippen molar-refractivity contribution in [3.63, 3.8) is 0 Å². The molecule has 0 bridgehead atoms. The third-order valence-electron chi connectivity index (χ3n) is 8.23. The molecule has 0 radical (unpaired) electrons. The van der Waals surface area contributed by atoms with Gasteiger partial charge in [0.2, 0.25) is 5.91 Å². The number of amides is 1. The highest BCUT2D eigenvalue weighted by Crippen LogP contribution is 2.51. The number of thiol groups is 1. The molecule has 0 spiro atoms. The quantitative estimate of drug-likeness (QED) is 0.0457. The number of rotatable bonds is 11. The Hall–Kier alpha value is -4.96. The van der Waals surface area contributed by atoms with Gasteiger partial charge in [-0.1, -0.05) is 97.1 Å². The number of non-ortho nitro benzene ring substituents is 1. The number of hydrogen-bond donors (Lipinski definition) is 1. The van der Waals surface area contributed by atoms with Crippen molar-refractivity contribution in [1.29, 1.82) is 0 Å². The Morgan fingerprint density at radius 3 is 1.82 bits per heavy atom. The first-order chi connectivity index (χ1) is 23.7. The Kier molecular flexibility index (Phi) is 10.1. The lowest BCUT2D eigenvalue weighted by molar-refractivity contribution is -0.384. The summed E-state index contributed by atoms with van der Waals surface area (Å²) in [5.74, 6) is -2.60. The molecule has 1 saturated heterocycles. The molecule has 1 aromatic heterocycles. The minimum Gasteiger partial charge on any atom is -0.456 e. The lowest BCUT2D eigenvalue weighted by Gasteiger charge is -2.49. The second-order valence-electron chi connectivity index (χ2n) is 11.2. The number of likely N-dealkylation sites (tertiary alicyclic amines) is 1. The van der Waals surface area contributed by atoms with Gasteiger partial charge in [-0.05, 0) is 45.1 Å². The summed E-state index contributed by atoms with van der Waals surface area (Å²) in [7, 11) is 0. The van der Waals surface area contributed by atoms with Crippen LogP contribution in [0.2, 0.25) is 0 Å². The lowest BCUT2D eigenvalue weighted by Crippen LogP contribution is -2.65. The average Bonchev–Trinajstić information content (AvgIpc) is 3.67. The molecule has 0 saturated carbocycles. The molecule has 1 aliphatic heterocycles. The van der Waals surface area contributed by atoms with Crippen molar-refractivity contribution in [2.45, 2.75) is 25.0 Å². The van der Waals surface area contributed by atoms with E-state index in [-0.39, 0.29) is 17.7 Å². The number of β-lactam (4-membered cyclic amide) rings is 1. The summed E-state index contributed by atoms with van der Waals surface area (Å²) in [5, 5.41) is 14.6. The van der Waals surface area contributed by atoms with Crippen LogP contribution >= 0.6 is 30.9 Å². The number of esters is 2. The van der Waals surface area contributed by atoms with Crippen molar-refractivity contribution in [3.8, 4) is 0 Å². The second-order valence-corrected chi connectivity index (χ2v) is 16.0. The van der Waals surface area contributed by atoms with Crippen molar-refractivity contribution in [2.24, 2.45) is 5.92 Å². The van der Waals surface area contributed by atoms with Gasteiger partial charge in [-0.2, -0.15) is 12.6 Å². The Labute approximate surface area is 292 Å². The van der Waals surface area contributed by atoms with Crippen molar-refractivity contribution < 1.29 is 28.8 Å². The highest BCUT2D eigenvalue weighted by atomic mass is 32.1. The molecule has 3 atom stereocenters. The molecule has 1 amide bonds. The maximum absolute atomic E-state index is 14.8. The SMILES string of the molecule is CC(=O)OC(c1cccs1)C1C(=O)N(C(C(=O)OCc2ccc([N+](=O)[O-])cc2)=P(c2ccccc2)(c2ccccc2)c2ccccc2)C1S. The van der Waals surface area contributed by atoms with E-state index in [2.05, 4.69) is 0 Å². The van der Waals surface area contributed by atoms with Crippen LogP contribution < -0.4 is 15.9 Å². The third-order valence-corrected chi connectivity index (χ3v) is 14.0. The van der Waals surface area contributed by atoms with E-state index in [4.69, 9.17) is 22.1 Å². The molecule has 49 heavy (non-hydrogen) atoms. The summed E-state index contributed by atoms with van der Waals surface area (Å²) >= 11 is 6.30. The fourth-order valence-electron chi connectivity index (χ4n) is 6.05. The predicted molar refractivity (Wildman–Crippen MR) is 195 cm³/mol. The topological polar surface area (TPSA) is 116 Å². The number of nitro groups is 1. The van der Waals surface area contributed by atoms with Gasteiger partial charge in [0.25, 0.3) is 5.69 Å². The number of benzene rings is 4. The standard InChI is InChI=1S/C37H31N2O7PS2/c1-25(40)46-33(31-18-11-23-49-31)32-34(41)38(36(32)48)35(37(42)45-24-26-19-21-27(22-20-26)39(43)44)47(28-12-5-2-6-13-28,29-14-7-3-8-15-29)30-16-9-4-10-17-30/h2-23,32-33,36,48H,24H2,1H3. The first-order valence-electron chi connectivity index (χ1n) is 15.3. The smallest absolute Gasteiger partial charge is 0.356 e. The average molecular weight is 711 g/mol. The van der Waals surface area contributed by atoms with Crippen LogP contribution in [0, 0.1) is 16.0 Å². The van der Waals surface area contributed by atoms with Gasteiger partial charge in [-0.15, -0.1) is 11.3 Å². The van der Waals surface area contributed by atoms with Crippen molar-refractivity contribution >= 4 is 75.7 Å². The largest absolute Gasteiger partial charge is 0.456 e. The first kappa shape index (κ1) is 33.9. The molecule has 0 aliphatic carbocycles. The predicted octanol–water partition coefficient (Wildman–Crippen LogP) is 5.84. The van der Waals surface area contributed by atoms with E-state index in [1.807, 2.05) is 102 Å². The molecule has 12 heteroatoms. The van der Waals surface area contributed by atoms with Crippen LogP contribution in [0.4, 0.5) is 5.69 Å². The molecule has 9 nitrogen and oxygen atoms in total. The summed E-state index contributed by atoms with van der Waals surface area (Å²) in [6.45, 7) is -2.11. The van der Waals surface area contributed by atoms with Crippen molar-refractivity contribution in [3.05, 3.63) is 153 Å². The van der Waals surface area contributed by atoms with Crippen LogP contribution in [0.5, 0.6) is 0 Å². The summed E-state index contributed by atoms with van der Waals surface area (Å²) in [6, 6.07) is 38.0. The molecule has 0 N–H and O–H groups in total. The van der Waals surface area contributed by atoms with Gasteiger partial charge in [0, 0.05) is 30.8 Å². The van der Waals surface area contributed by atoms with Crippen LogP contribution in [-0.2, 0) is 30.5 Å². The molecular formula is C37H31N2O7PS2. The minimum absolute atomic E-state index is 0.0901. The van der Waals surface area contributed by atoms with E-state index >= 15 is 0 Å². The fourth-order valence-corrected chi connectivity index (χ4v) is 11.8. The zero-order chi connectivity index (χ0) is 34.5. The number of nitrogens with zero attached hydrogens (tertiary/aromatic N) is 2. The van der Waals surface area contributed by atoms with Gasteiger partial charge in [0.05, 0.1) is 10.3 Å². The molecule has 3 unspecified atom stereocenters. The van der Waals surface area contributed by atoms with Crippen LogP contribution in [0.15, 0.2) is 133 Å². The number of thiophene rings is 1. The minimum atomic E-state index is -3.20. The van der Waals surface area contributed by atoms with Crippen LogP contribution in [-0.4, -0.2) is 38.5 Å². The molecule has 1 aliphatic rings. The molecule has 1 fully saturated rings. The Bertz CT molecular complexity index is 1920. The number of carbonyl (C=O) groups is 3. The summed E-state index contributed by atoms with van der Waals surface area (Å²) in [4.78, 5) is 54.4. The van der Waals surface area contributed by atoms with Crippen LogP contribution in [0.1, 0.15) is 23.5 Å². The lowest BCUT2D eigenvalue weighted by atomic mass is 9.90. The van der Waals surface area contributed by atoms with Gasteiger partial charge < -0.3 is 9.47 Å². The van der Waals surface area contributed by atoms with Crippen LogP contribution in [0.3, 0.4) is 0 Å². The van der Waals surface area contributed by atoms with Crippen molar-refractivity contribution in [2.75, 3.05) is 0 Å². The maximum Gasteiger partial charge on any atom is 0.356 e. The van der Waals surface area contributed by atoms with Crippen LogP contribution in [0.25, 0.3) is 0 Å². The number of carbonyl (C=O) groups excluding carboxylic acids is 3. The molecular weight excluding hydrogens is 680 g/mol. The molecule has 6 rings (SSSR count). The highest BCUT2D eigenvalue weighted by Gasteiger charge is 2.56. The maximum atomic E-state index is 14.8. The summed E-state index contributed by atoms with van der Waals surface area (Å²) in [6.07, 6.45) is -0.904. The van der Waals surface area contributed by atoms with E-state index in [1.54, 1.807) is 6.07 Å². The molecule has 2 heterocycles. The highest BCUT2D eigenvalue weighted by molar-refractivity contribution is 7.96. The fraction of sp³-hybridized carbons (Fsp3) is 0.135. The third kappa shape index (κ3) is 6.57. The summed E-state index contributed by atoms with van der Waals surface area (Å²) < 4.78 is 11.7. The second kappa shape index (κ2) is 14.7. The number of nitro benzene ring substituents is 1. The number of ether oxygens (including phenoxy) is 2. The van der Waals surface area contributed by atoms with Crippen molar-refractivity contribution in [1.82, 2.24) is 4.90 Å². The number of hydrogen-bond acceptors (Lipinski definition) is 9. The monoisotopic (exact) mass is 710 g/mol. The van der Waals surface area contributed by atoms with E-state index in [1.165, 1.54) is 47.4 Å². The Morgan fingerprint density at radius 2 is 1.39 bits per heavy atom. The van der Waals surface area contributed by atoms with Gasteiger partial charge in [-0.3, -0.25) is 24.6 Å². The summed E-state index contributed by atoms with van der Waals surface area (Å²) in [5.41, 5.74) is 0.559. The zero-order valence-electron chi connectivity index (χ0n) is 26.2. The Balaban J connectivity index is 1.58. The van der Waals surface area contributed by atoms with Gasteiger partial charge in [-0.25, -0.2) is 4.79 Å². The van der Waals surface area contributed by atoms with Gasteiger partial charge in [0.1, 0.15) is 17.9 Å². The normalized spacial score (nSPS) is 16.3.